The van der Waals surface area contributed by atoms with Gasteiger partial charge in [-0.25, -0.2) is 9.78 Å². The van der Waals surface area contributed by atoms with Gasteiger partial charge in [0.15, 0.2) is 5.79 Å². The quantitative estimate of drug-likeness (QED) is 0.909. The van der Waals surface area contributed by atoms with Gasteiger partial charge >= 0.3 is 6.09 Å². The average Bonchev–Trinajstić information content (AvgIpc) is 2.85. The summed E-state index contributed by atoms with van der Waals surface area (Å²) in [5.74, 6) is 0.541. The van der Waals surface area contributed by atoms with Crippen LogP contribution >= 0.6 is 0 Å². The fourth-order valence-electron chi connectivity index (χ4n) is 2.79. The van der Waals surface area contributed by atoms with Crippen LogP contribution in [0.15, 0.2) is 18.3 Å². The minimum absolute atomic E-state index is 0.349. The maximum absolute atomic E-state index is 11.7. The first kappa shape index (κ1) is 15.2. The smallest absolute Gasteiger partial charge is 0.413 e. The fraction of sp³-hybridized carbons (Fsp3) is 0.625. The number of aromatic nitrogens is 1. The Labute approximate surface area is 130 Å². The summed E-state index contributed by atoms with van der Waals surface area (Å²) in [5.41, 5.74) is 0.616. The van der Waals surface area contributed by atoms with Gasteiger partial charge in [0.2, 0.25) is 0 Å². The van der Waals surface area contributed by atoms with Crippen LogP contribution in [-0.2, 0) is 14.2 Å². The number of nitrogens with one attached hydrogen (secondary N) is 1. The summed E-state index contributed by atoms with van der Waals surface area (Å²) in [4.78, 5) is 16.0. The minimum Gasteiger partial charge on any atom is -0.444 e. The number of anilines is 1. The van der Waals surface area contributed by atoms with Gasteiger partial charge in [-0.1, -0.05) is 6.07 Å². The van der Waals surface area contributed by atoms with E-state index in [0.29, 0.717) is 24.9 Å². The predicted molar refractivity (Wildman–Crippen MR) is 80.7 cm³/mol. The van der Waals surface area contributed by atoms with Gasteiger partial charge in [-0.15, -0.1) is 0 Å². The van der Waals surface area contributed by atoms with E-state index in [4.69, 9.17) is 14.2 Å². The summed E-state index contributed by atoms with van der Waals surface area (Å²) in [6.45, 7) is 6.83. The number of carbonyl (C=O) groups is 1. The van der Waals surface area contributed by atoms with Gasteiger partial charge in [-0.3, -0.25) is 5.32 Å². The molecule has 0 atom stereocenters. The Morgan fingerprint density at radius 2 is 2.00 bits per heavy atom. The average molecular weight is 306 g/mol. The van der Waals surface area contributed by atoms with Gasteiger partial charge < -0.3 is 14.2 Å². The summed E-state index contributed by atoms with van der Waals surface area (Å²) < 4.78 is 16.5. The van der Waals surface area contributed by atoms with E-state index in [0.717, 1.165) is 18.4 Å². The van der Waals surface area contributed by atoms with Crippen molar-refractivity contribution in [3.8, 4) is 0 Å². The first-order valence-electron chi connectivity index (χ1n) is 7.59. The molecule has 1 saturated carbocycles. The second kappa shape index (κ2) is 5.52. The molecule has 0 radical (unpaired) electrons. The minimum atomic E-state index is -0.522. The van der Waals surface area contributed by atoms with Crippen molar-refractivity contribution in [3.63, 3.8) is 0 Å². The van der Waals surface area contributed by atoms with E-state index >= 15 is 0 Å². The Hall–Kier alpha value is -1.66. The van der Waals surface area contributed by atoms with E-state index in [1.54, 1.807) is 12.3 Å². The maximum Gasteiger partial charge on any atom is 0.413 e. The third-order valence-electron chi connectivity index (χ3n) is 3.82. The van der Waals surface area contributed by atoms with Gasteiger partial charge in [0.25, 0.3) is 0 Å². The molecule has 3 rings (SSSR count). The molecule has 0 bridgehead atoms. The summed E-state index contributed by atoms with van der Waals surface area (Å²) in [6, 6.07) is 3.77. The first-order chi connectivity index (χ1) is 10.4. The Morgan fingerprint density at radius 3 is 2.55 bits per heavy atom. The van der Waals surface area contributed by atoms with Crippen LogP contribution in [-0.4, -0.2) is 35.7 Å². The van der Waals surface area contributed by atoms with Crippen molar-refractivity contribution in [3.05, 3.63) is 23.9 Å². The Morgan fingerprint density at radius 1 is 1.32 bits per heavy atom. The summed E-state index contributed by atoms with van der Waals surface area (Å²) in [5, 5.41) is 2.63. The molecule has 6 heteroatoms. The lowest BCUT2D eigenvalue weighted by Gasteiger charge is -2.42. The molecule has 1 aliphatic carbocycles. The number of nitrogens with zero attached hydrogens (tertiary/aromatic N) is 1. The molecule has 2 aliphatic rings. The zero-order chi connectivity index (χ0) is 15.8. The molecule has 1 aliphatic heterocycles. The summed E-state index contributed by atoms with van der Waals surface area (Å²) in [6.07, 6.45) is 3.03. The molecule has 0 unspecified atom stereocenters. The van der Waals surface area contributed by atoms with Crippen molar-refractivity contribution in [1.29, 1.82) is 0 Å². The van der Waals surface area contributed by atoms with Gasteiger partial charge in [0.1, 0.15) is 11.4 Å². The lowest BCUT2D eigenvalue weighted by molar-refractivity contribution is -0.215. The third kappa shape index (κ3) is 3.39. The molecule has 1 spiro atoms. The lowest BCUT2D eigenvalue weighted by atomic mass is 9.75. The van der Waals surface area contributed by atoms with Crippen LogP contribution in [0.1, 0.15) is 45.1 Å². The molecule has 1 aromatic heterocycles. The Kier molecular flexibility index (Phi) is 3.82. The van der Waals surface area contributed by atoms with Crippen molar-refractivity contribution in [2.75, 3.05) is 18.5 Å². The number of carbonyl (C=O) groups excluding carboxylic acids is 1. The lowest BCUT2D eigenvalue weighted by Crippen LogP contribution is -2.43. The van der Waals surface area contributed by atoms with Gasteiger partial charge in [-0.05, 0) is 38.3 Å². The van der Waals surface area contributed by atoms with Gasteiger partial charge in [0.05, 0.1) is 13.2 Å². The normalized spacial score (nSPS) is 20.7. The Bertz CT molecular complexity index is 536. The SMILES string of the molecule is CC(C)(C)OC(=O)Nc1ccc(C2CC3(C2)OCCO3)cn1. The third-order valence-corrected chi connectivity index (χ3v) is 3.82. The predicted octanol–water partition coefficient (Wildman–Crippen LogP) is 3.05. The second-order valence-electron chi connectivity index (χ2n) is 6.82. The first-order valence-corrected chi connectivity index (χ1v) is 7.59. The van der Waals surface area contributed by atoms with Crippen molar-refractivity contribution in [2.24, 2.45) is 0 Å². The molecule has 22 heavy (non-hydrogen) atoms. The molecule has 2 heterocycles. The molecule has 1 aromatic rings. The van der Waals surface area contributed by atoms with Crippen LogP contribution in [0.25, 0.3) is 0 Å². The van der Waals surface area contributed by atoms with Crippen molar-refractivity contribution >= 4 is 11.9 Å². The summed E-state index contributed by atoms with van der Waals surface area (Å²) >= 11 is 0. The number of amides is 1. The molecule has 1 N–H and O–H groups in total. The zero-order valence-corrected chi connectivity index (χ0v) is 13.2. The van der Waals surface area contributed by atoms with E-state index in [1.165, 1.54) is 0 Å². The van der Waals surface area contributed by atoms with Crippen LogP contribution in [0.5, 0.6) is 0 Å². The topological polar surface area (TPSA) is 69.7 Å². The highest BCUT2D eigenvalue weighted by molar-refractivity contribution is 5.83. The van der Waals surface area contributed by atoms with Gasteiger partial charge in [0, 0.05) is 19.0 Å². The largest absolute Gasteiger partial charge is 0.444 e. The number of pyridine rings is 1. The van der Waals surface area contributed by atoms with E-state index in [-0.39, 0.29) is 5.79 Å². The summed E-state index contributed by atoms with van der Waals surface area (Å²) in [7, 11) is 0. The number of rotatable bonds is 2. The zero-order valence-electron chi connectivity index (χ0n) is 13.2. The molecular weight excluding hydrogens is 284 g/mol. The maximum atomic E-state index is 11.7. The van der Waals surface area contributed by atoms with Gasteiger partial charge in [-0.2, -0.15) is 0 Å². The van der Waals surface area contributed by atoms with Crippen LogP contribution in [0.2, 0.25) is 0 Å². The number of ether oxygens (including phenoxy) is 3. The Balaban J connectivity index is 1.54. The van der Waals surface area contributed by atoms with Crippen molar-refractivity contribution < 1.29 is 19.0 Å². The molecule has 6 nitrogen and oxygen atoms in total. The number of hydrogen-bond donors (Lipinski definition) is 1. The van der Waals surface area contributed by atoms with Crippen LogP contribution < -0.4 is 5.32 Å². The molecular formula is C16H22N2O4. The van der Waals surface area contributed by atoms with Crippen LogP contribution in [0.4, 0.5) is 10.6 Å². The van der Waals surface area contributed by atoms with E-state index in [1.807, 2.05) is 26.8 Å². The highest BCUT2D eigenvalue weighted by Crippen LogP contribution is 2.49. The van der Waals surface area contributed by atoms with Crippen molar-refractivity contribution in [1.82, 2.24) is 4.98 Å². The molecule has 1 saturated heterocycles. The van der Waals surface area contributed by atoms with E-state index < -0.39 is 11.7 Å². The molecule has 120 valence electrons. The highest BCUT2D eigenvalue weighted by Gasteiger charge is 2.49. The second-order valence-corrected chi connectivity index (χ2v) is 6.82. The number of hydrogen-bond acceptors (Lipinski definition) is 5. The highest BCUT2D eigenvalue weighted by atomic mass is 16.7. The monoisotopic (exact) mass is 306 g/mol. The molecule has 1 amide bonds. The van der Waals surface area contributed by atoms with Crippen LogP contribution in [0.3, 0.4) is 0 Å². The molecule has 0 aromatic carbocycles. The standard InChI is InChI=1S/C16H22N2O4/c1-15(2,3)22-14(19)18-13-5-4-11(10-17-13)12-8-16(9-12)20-6-7-21-16/h4-5,10,12H,6-9H2,1-3H3,(H,17,18,19). The van der Waals surface area contributed by atoms with Crippen LogP contribution in [0, 0.1) is 0 Å². The van der Waals surface area contributed by atoms with E-state index in [2.05, 4.69) is 10.3 Å². The fourth-order valence-corrected chi connectivity index (χ4v) is 2.79. The van der Waals surface area contributed by atoms with Crippen molar-refractivity contribution in [2.45, 2.75) is 50.9 Å². The van der Waals surface area contributed by atoms with E-state index in [9.17, 15) is 4.79 Å². The molecule has 2 fully saturated rings.